The molecule has 0 radical (unpaired) electrons. The van der Waals surface area contributed by atoms with Crippen molar-refractivity contribution in [2.45, 2.75) is 66.1 Å². The minimum Gasteiger partial charge on any atom is -0.490 e. The van der Waals surface area contributed by atoms with Gasteiger partial charge in [0.2, 0.25) is 0 Å². The molecular formula is C21H26O5. The maximum Gasteiger partial charge on any atom is 0.336 e. The summed E-state index contributed by atoms with van der Waals surface area (Å²) in [6, 6.07) is 3.28. The number of carbonyl (C=O) groups excluding carboxylic acids is 1. The molecule has 0 fully saturated rings. The number of hydrogen-bond donors (Lipinski definition) is 0. The smallest absolute Gasteiger partial charge is 0.336 e. The van der Waals surface area contributed by atoms with Crippen molar-refractivity contribution < 1.29 is 18.7 Å². The first kappa shape index (κ1) is 18.5. The SMILES string of the molecule is CCCc1cc(=O)oc2c3c(cc(OC(C)CC)c12)OC(C)C(C)C3=O. The summed E-state index contributed by atoms with van der Waals surface area (Å²) in [5.74, 6) is 0.681. The van der Waals surface area contributed by atoms with E-state index < -0.39 is 5.63 Å². The van der Waals surface area contributed by atoms with Crippen LogP contribution in [0.4, 0.5) is 0 Å². The molecule has 0 bridgehead atoms. The van der Waals surface area contributed by atoms with Gasteiger partial charge in [-0.2, -0.15) is 0 Å². The lowest BCUT2D eigenvalue weighted by atomic mass is 9.89. The molecule has 2 heterocycles. The molecule has 0 saturated carbocycles. The van der Waals surface area contributed by atoms with Crippen LogP contribution < -0.4 is 15.1 Å². The third kappa shape index (κ3) is 3.11. The van der Waals surface area contributed by atoms with Crippen LogP contribution in [0.3, 0.4) is 0 Å². The molecule has 5 nitrogen and oxygen atoms in total. The predicted molar refractivity (Wildman–Crippen MR) is 100 cm³/mol. The van der Waals surface area contributed by atoms with Gasteiger partial charge in [-0.25, -0.2) is 4.79 Å². The van der Waals surface area contributed by atoms with Crippen LogP contribution in [0.15, 0.2) is 21.3 Å². The zero-order valence-electron chi connectivity index (χ0n) is 16.0. The summed E-state index contributed by atoms with van der Waals surface area (Å²) >= 11 is 0. The molecular weight excluding hydrogens is 332 g/mol. The molecule has 2 aromatic rings. The van der Waals surface area contributed by atoms with Crippen molar-refractivity contribution in [3.63, 3.8) is 0 Å². The van der Waals surface area contributed by atoms with Crippen LogP contribution in [0.5, 0.6) is 11.5 Å². The van der Waals surface area contributed by atoms with Crippen LogP contribution in [0.2, 0.25) is 0 Å². The lowest BCUT2D eigenvalue weighted by Gasteiger charge is -2.29. The minimum atomic E-state index is -0.456. The third-order valence-corrected chi connectivity index (χ3v) is 5.12. The van der Waals surface area contributed by atoms with Crippen LogP contribution in [-0.4, -0.2) is 18.0 Å². The van der Waals surface area contributed by atoms with Gasteiger partial charge >= 0.3 is 5.63 Å². The average Bonchev–Trinajstić information content (AvgIpc) is 2.59. The zero-order chi connectivity index (χ0) is 19.0. The Hall–Kier alpha value is -2.30. The van der Waals surface area contributed by atoms with Crippen LogP contribution >= 0.6 is 0 Å². The number of rotatable bonds is 5. The van der Waals surface area contributed by atoms with Crippen LogP contribution in [-0.2, 0) is 6.42 Å². The van der Waals surface area contributed by atoms with Gasteiger partial charge in [-0.3, -0.25) is 4.79 Å². The summed E-state index contributed by atoms with van der Waals surface area (Å²) in [5.41, 5.74) is 1.04. The van der Waals surface area contributed by atoms with Gasteiger partial charge in [-0.1, -0.05) is 27.2 Å². The third-order valence-electron chi connectivity index (χ3n) is 5.12. The van der Waals surface area contributed by atoms with Gasteiger partial charge in [0, 0.05) is 12.1 Å². The molecule has 3 rings (SSSR count). The molecule has 0 amide bonds. The van der Waals surface area contributed by atoms with E-state index in [0.29, 0.717) is 34.5 Å². The lowest BCUT2D eigenvalue weighted by Crippen LogP contribution is -2.34. The fourth-order valence-electron chi connectivity index (χ4n) is 3.29. The Morgan fingerprint density at radius 1 is 1.19 bits per heavy atom. The van der Waals surface area contributed by atoms with Crippen molar-refractivity contribution in [2.24, 2.45) is 5.92 Å². The average molecular weight is 358 g/mol. The highest BCUT2D eigenvalue weighted by Crippen LogP contribution is 2.42. The van der Waals surface area contributed by atoms with E-state index in [1.165, 1.54) is 6.07 Å². The van der Waals surface area contributed by atoms with Crippen molar-refractivity contribution in [1.82, 2.24) is 0 Å². The normalized spacial score (nSPS) is 20.6. The second-order valence-corrected chi connectivity index (χ2v) is 7.11. The highest BCUT2D eigenvalue weighted by Gasteiger charge is 2.35. The van der Waals surface area contributed by atoms with Crippen LogP contribution in [0.25, 0.3) is 11.0 Å². The Labute approximate surface area is 153 Å². The summed E-state index contributed by atoms with van der Waals surface area (Å²) in [6.07, 6.45) is 2.17. The number of hydrogen-bond acceptors (Lipinski definition) is 5. The Morgan fingerprint density at radius 2 is 1.92 bits per heavy atom. The standard InChI is InChI=1S/C21H26O5/c1-6-8-14-9-17(22)26-21-18(14)15(24-11(3)7-2)10-16-19(21)20(23)12(4)13(5)25-16/h9-13H,6-8H2,1-5H3. The van der Waals surface area contributed by atoms with Crippen LogP contribution in [0.1, 0.15) is 63.4 Å². The maximum absolute atomic E-state index is 12.9. The first-order valence-electron chi connectivity index (χ1n) is 9.38. The minimum absolute atomic E-state index is 0.00621. The van der Waals surface area contributed by atoms with E-state index in [0.717, 1.165) is 18.4 Å². The van der Waals surface area contributed by atoms with Crippen molar-refractivity contribution in [1.29, 1.82) is 0 Å². The second kappa shape index (κ2) is 7.14. The maximum atomic E-state index is 12.9. The molecule has 3 atom stereocenters. The molecule has 26 heavy (non-hydrogen) atoms. The van der Waals surface area contributed by atoms with Gasteiger partial charge < -0.3 is 13.9 Å². The summed E-state index contributed by atoms with van der Waals surface area (Å²) < 4.78 is 17.6. The molecule has 1 aromatic carbocycles. The van der Waals surface area contributed by atoms with E-state index in [-0.39, 0.29) is 23.9 Å². The lowest BCUT2D eigenvalue weighted by molar-refractivity contribution is 0.0730. The molecule has 0 spiro atoms. The molecule has 1 aliphatic rings. The van der Waals surface area contributed by atoms with E-state index in [1.807, 2.05) is 34.6 Å². The quantitative estimate of drug-likeness (QED) is 0.735. The van der Waals surface area contributed by atoms with E-state index in [4.69, 9.17) is 13.9 Å². The molecule has 5 heteroatoms. The van der Waals surface area contributed by atoms with Gasteiger partial charge in [0.05, 0.1) is 17.4 Å². The van der Waals surface area contributed by atoms with E-state index >= 15 is 0 Å². The van der Waals surface area contributed by atoms with Gasteiger partial charge in [0.25, 0.3) is 0 Å². The summed E-state index contributed by atoms with van der Waals surface area (Å²) in [4.78, 5) is 25.1. The van der Waals surface area contributed by atoms with E-state index in [9.17, 15) is 9.59 Å². The number of Topliss-reactive ketones (excluding diaryl/α,β-unsaturated/α-hetero) is 1. The molecule has 1 aromatic heterocycles. The van der Waals surface area contributed by atoms with Crippen molar-refractivity contribution in [2.75, 3.05) is 0 Å². The second-order valence-electron chi connectivity index (χ2n) is 7.11. The number of ketones is 1. The Bertz CT molecular complexity index is 895. The van der Waals surface area contributed by atoms with Gasteiger partial charge in [-0.05, 0) is 32.3 Å². The number of ether oxygens (including phenoxy) is 2. The van der Waals surface area contributed by atoms with E-state index in [2.05, 4.69) is 0 Å². The zero-order valence-corrected chi connectivity index (χ0v) is 16.0. The molecule has 140 valence electrons. The summed E-state index contributed by atoms with van der Waals surface area (Å²) in [6.45, 7) is 9.78. The molecule has 0 N–H and O–H groups in total. The van der Waals surface area contributed by atoms with Crippen molar-refractivity contribution >= 4 is 16.8 Å². The van der Waals surface area contributed by atoms with Crippen molar-refractivity contribution in [3.05, 3.63) is 33.7 Å². The fourth-order valence-corrected chi connectivity index (χ4v) is 3.29. The van der Waals surface area contributed by atoms with Crippen molar-refractivity contribution in [3.8, 4) is 11.5 Å². The Kier molecular flexibility index (Phi) is 5.08. The summed E-state index contributed by atoms with van der Waals surface area (Å²) in [5, 5.41) is 0.712. The highest BCUT2D eigenvalue weighted by atomic mass is 16.5. The molecule has 1 aliphatic heterocycles. The highest BCUT2D eigenvalue weighted by molar-refractivity contribution is 6.12. The molecule has 0 saturated heterocycles. The fraction of sp³-hybridized carbons (Fsp3) is 0.524. The van der Waals surface area contributed by atoms with Gasteiger partial charge in [-0.15, -0.1) is 0 Å². The first-order chi connectivity index (χ1) is 12.4. The van der Waals surface area contributed by atoms with Crippen LogP contribution in [0, 0.1) is 5.92 Å². The number of benzene rings is 1. The first-order valence-corrected chi connectivity index (χ1v) is 9.38. The topological polar surface area (TPSA) is 65.7 Å². The molecule has 3 unspecified atom stereocenters. The Balaban J connectivity index is 2.36. The summed E-state index contributed by atoms with van der Waals surface area (Å²) in [7, 11) is 0. The van der Waals surface area contributed by atoms with Gasteiger partial charge in [0.15, 0.2) is 11.4 Å². The molecule has 0 aliphatic carbocycles. The Morgan fingerprint density at radius 3 is 2.58 bits per heavy atom. The predicted octanol–water partition coefficient (Wildman–Crippen LogP) is 4.52. The largest absolute Gasteiger partial charge is 0.490 e. The number of aryl methyl sites for hydroxylation is 1. The van der Waals surface area contributed by atoms with E-state index in [1.54, 1.807) is 6.07 Å². The monoisotopic (exact) mass is 358 g/mol. The van der Waals surface area contributed by atoms with Gasteiger partial charge in [0.1, 0.15) is 23.2 Å². The number of carbonyl (C=O) groups is 1. The number of fused-ring (bicyclic) bond motifs is 3.